The molecule has 1 atom stereocenters. The van der Waals surface area contributed by atoms with E-state index in [0.717, 1.165) is 0 Å². The fraction of sp³-hybridized carbons (Fsp3) is 0.304. The van der Waals surface area contributed by atoms with Gasteiger partial charge < -0.3 is 0 Å². The summed E-state index contributed by atoms with van der Waals surface area (Å²) >= 11 is 0. The zero-order valence-corrected chi connectivity index (χ0v) is 16.2. The van der Waals surface area contributed by atoms with Crippen molar-refractivity contribution in [3.8, 4) is 0 Å². The number of benzene rings is 2. The highest BCUT2D eigenvalue weighted by Gasteiger charge is 2.44. The van der Waals surface area contributed by atoms with E-state index in [1.807, 2.05) is 0 Å². The van der Waals surface area contributed by atoms with Crippen molar-refractivity contribution in [3.63, 3.8) is 0 Å². The molecule has 0 fully saturated rings. The summed E-state index contributed by atoms with van der Waals surface area (Å²) in [5, 5.41) is 0.552. The smallest absolute Gasteiger partial charge is 0.299 e. The average molecular weight is 403 g/mol. The molecule has 0 aliphatic heterocycles. The van der Waals surface area contributed by atoms with Gasteiger partial charge in [-0.3, -0.25) is 9.78 Å². The van der Waals surface area contributed by atoms with Gasteiger partial charge in [-0.25, -0.2) is 4.39 Å². The van der Waals surface area contributed by atoms with Gasteiger partial charge in [0.15, 0.2) is 0 Å². The van der Waals surface area contributed by atoms with E-state index in [-0.39, 0.29) is 18.4 Å². The van der Waals surface area contributed by atoms with E-state index < -0.39 is 29.6 Å². The minimum absolute atomic E-state index is 0.0130. The molecule has 152 valence electrons. The van der Waals surface area contributed by atoms with Crippen LogP contribution in [0.15, 0.2) is 54.7 Å². The van der Waals surface area contributed by atoms with E-state index in [1.165, 1.54) is 19.2 Å². The van der Waals surface area contributed by atoms with Gasteiger partial charge >= 0.3 is 6.18 Å². The molecule has 6 heteroatoms. The maximum absolute atomic E-state index is 13.9. The molecule has 0 N–H and O–H groups in total. The Morgan fingerprint density at radius 3 is 2.38 bits per heavy atom. The van der Waals surface area contributed by atoms with Gasteiger partial charge in [-0.15, -0.1) is 0 Å². The van der Waals surface area contributed by atoms with E-state index in [2.05, 4.69) is 4.98 Å². The molecular formula is C23H21F4NO. The second-order valence-electron chi connectivity index (χ2n) is 7.66. The van der Waals surface area contributed by atoms with Crippen molar-refractivity contribution in [1.29, 1.82) is 0 Å². The molecule has 3 aromatic rings. The number of fused-ring (bicyclic) bond motifs is 1. The standard InChI is InChI=1S/C23H21F4NO/c1-15-17(13-28-21-18(15)9-6-10-19(21)24)11-20(29)22(2,14-23(25,26)27)12-16-7-4-3-5-8-16/h3-10,13H,11-12,14H2,1-2H3. The molecule has 0 bridgehead atoms. The summed E-state index contributed by atoms with van der Waals surface area (Å²) in [5.74, 6) is -0.992. The Hall–Kier alpha value is -2.76. The number of rotatable bonds is 6. The molecule has 0 radical (unpaired) electrons. The molecule has 0 aliphatic carbocycles. The van der Waals surface area contributed by atoms with Gasteiger partial charge in [0.1, 0.15) is 17.1 Å². The molecule has 0 amide bonds. The maximum atomic E-state index is 13.9. The van der Waals surface area contributed by atoms with Crippen molar-refractivity contribution in [2.24, 2.45) is 5.41 Å². The molecule has 1 heterocycles. The molecule has 0 saturated heterocycles. The van der Waals surface area contributed by atoms with E-state index in [0.29, 0.717) is 22.1 Å². The number of carbonyl (C=O) groups excluding carboxylic acids is 1. The van der Waals surface area contributed by atoms with Crippen LogP contribution in [0.5, 0.6) is 0 Å². The average Bonchev–Trinajstić information content (AvgIpc) is 2.63. The molecule has 1 unspecified atom stereocenters. The number of hydrogen-bond donors (Lipinski definition) is 0. The van der Waals surface area contributed by atoms with Gasteiger partial charge in [0, 0.05) is 23.4 Å². The lowest BCUT2D eigenvalue weighted by molar-refractivity contribution is -0.165. The summed E-state index contributed by atoms with van der Waals surface area (Å²) in [7, 11) is 0. The summed E-state index contributed by atoms with van der Waals surface area (Å²) in [6, 6.07) is 13.2. The highest BCUT2D eigenvalue weighted by Crippen LogP contribution is 2.38. The van der Waals surface area contributed by atoms with Crippen LogP contribution >= 0.6 is 0 Å². The Morgan fingerprint density at radius 1 is 1.03 bits per heavy atom. The molecule has 0 saturated carbocycles. The molecular weight excluding hydrogens is 382 g/mol. The summed E-state index contributed by atoms with van der Waals surface area (Å²) in [5.41, 5.74) is 0.404. The number of aromatic nitrogens is 1. The number of alkyl halides is 3. The largest absolute Gasteiger partial charge is 0.390 e. The summed E-state index contributed by atoms with van der Waals surface area (Å²) in [6.07, 6.45) is -4.50. The normalized spacial score (nSPS) is 14.0. The van der Waals surface area contributed by atoms with Crippen LogP contribution in [0.4, 0.5) is 17.6 Å². The number of halogens is 4. The molecule has 29 heavy (non-hydrogen) atoms. The lowest BCUT2D eigenvalue weighted by Gasteiger charge is -2.29. The van der Waals surface area contributed by atoms with Crippen LogP contribution in [0, 0.1) is 18.2 Å². The number of aryl methyl sites for hydroxylation is 1. The molecule has 1 aromatic heterocycles. The Balaban J connectivity index is 1.94. The van der Waals surface area contributed by atoms with Crippen LogP contribution in [-0.4, -0.2) is 16.9 Å². The minimum atomic E-state index is -4.47. The topological polar surface area (TPSA) is 30.0 Å². The van der Waals surface area contributed by atoms with Crippen LogP contribution in [0.1, 0.15) is 30.0 Å². The van der Waals surface area contributed by atoms with Crippen molar-refractivity contribution in [1.82, 2.24) is 4.98 Å². The van der Waals surface area contributed by atoms with E-state index in [1.54, 1.807) is 49.4 Å². The van der Waals surface area contributed by atoms with E-state index in [9.17, 15) is 22.4 Å². The molecule has 2 aromatic carbocycles. The Morgan fingerprint density at radius 2 is 1.72 bits per heavy atom. The van der Waals surface area contributed by atoms with Crippen molar-refractivity contribution >= 4 is 16.7 Å². The van der Waals surface area contributed by atoms with Gasteiger partial charge in [-0.2, -0.15) is 13.2 Å². The third kappa shape index (κ3) is 4.81. The molecule has 2 nitrogen and oxygen atoms in total. The maximum Gasteiger partial charge on any atom is 0.390 e. The predicted octanol–water partition coefficient (Wildman–Crippen LogP) is 6.00. The van der Waals surface area contributed by atoms with Gasteiger partial charge in [0.25, 0.3) is 0 Å². The zero-order valence-electron chi connectivity index (χ0n) is 16.2. The van der Waals surface area contributed by atoms with Gasteiger partial charge in [-0.05, 0) is 36.1 Å². The van der Waals surface area contributed by atoms with Crippen molar-refractivity contribution in [3.05, 3.63) is 77.2 Å². The number of Topliss-reactive ketones (excluding diaryl/α,β-unsaturated/α-hetero) is 1. The summed E-state index contributed by atoms with van der Waals surface area (Å²) in [4.78, 5) is 17.2. The highest BCUT2D eigenvalue weighted by molar-refractivity contribution is 5.89. The monoisotopic (exact) mass is 403 g/mol. The number of nitrogens with zero attached hydrogens (tertiary/aromatic N) is 1. The first-order valence-corrected chi connectivity index (χ1v) is 9.26. The van der Waals surface area contributed by atoms with Crippen LogP contribution in [-0.2, 0) is 17.6 Å². The second kappa shape index (κ2) is 7.93. The van der Waals surface area contributed by atoms with Crippen LogP contribution in [0.2, 0.25) is 0 Å². The highest BCUT2D eigenvalue weighted by atomic mass is 19.4. The van der Waals surface area contributed by atoms with Crippen LogP contribution in [0.25, 0.3) is 10.9 Å². The SMILES string of the molecule is Cc1c(CC(=O)C(C)(Cc2ccccc2)CC(F)(F)F)cnc2c(F)cccc12. The van der Waals surface area contributed by atoms with Crippen molar-refractivity contribution in [2.75, 3.05) is 0 Å². The van der Waals surface area contributed by atoms with Gasteiger partial charge in [-0.1, -0.05) is 49.4 Å². The zero-order chi connectivity index (χ0) is 21.2. The van der Waals surface area contributed by atoms with Crippen molar-refractivity contribution < 1.29 is 22.4 Å². The van der Waals surface area contributed by atoms with Crippen LogP contribution < -0.4 is 0 Å². The fourth-order valence-electron chi connectivity index (χ4n) is 3.67. The Labute approximate surface area is 166 Å². The minimum Gasteiger partial charge on any atom is -0.299 e. The van der Waals surface area contributed by atoms with Crippen molar-refractivity contribution in [2.45, 2.75) is 39.3 Å². The number of para-hydroxylation sites is 1. The molecule has 3 rings (SSSR count). The number of hydrogen-bond acceptors (Lipinski definition) is 2. The molecule has 0 spiro atoms. The predicted molar refractivity (Wildman–Crippen MR) is 104 cm³/mol. The first-order chi connectivity index (χ1) is 13.6. The van der Waals surface area contributed by atoms with Gasteiger partial charge in [0.05, 0.1) is 6.42 Å². The number of ketones is 1. The summed E-state index contributed by atoms with van der Waals surface area (Å²) in [6.45, 7) is 3.09. The molecule has 0 aliphatic rings. The summed E-state index contributed by atoms with van der Waals surface area (Å²) < 4.78 is 53.8. The van der Waals surface area contributed by atoms with E-state index >= 15 is 0 Å². The van der Waals surface area contributed by atoms with E-state index in [4.69, 9.17) is 0 Å². The fourth-order valence-corrected chi connectivity index (χ4v) is 3.67. The first kappa shape index (κ1) is 21.0. The second-order valence-corrected chi connectivity index (χ2v) is 7.66. The van der Waals surface area contributed by atoms with Gasteiger partial charge in [0.2, 0.25) is 0 Å². The number of pyridine rings is 1. The first-order valence-electron chi connectivity index (χ1n) is 9.26. The third-order valence-electron chi connectivity index (χ3n) is 5.27. The lowest BCUT2D eigenvalue weighted by Crippen LogP contribution is -2.36. The quantitative estimate of drug-likeness (QED) is 0.473. The Kier molecular flexibility index (Phi) is 5.73. The number of carbonyl (C=O) groups is 1. The van der Waals surface area contributed by atoms with Crippen LogP contribution in [0.3, 0.4) is 0 Å². The lowest BCUT2D eigenvalue weighted by atomic mass is 9.74. The third-order valence-corrected chi connectivity index (χ3v) is 5.27. The Bertz CT molecular complexity index is 1030.